The normalized spacial score (nSPS) is 7.50. The third kappa shape index (κ3) is 2.02. The fourth-order valence-corrected chi connectivity index (χ4v) is 0.151. The Bertz CT molecular complexity index is 126. The van der Waals surface area contributed by atoms with Crippen molar-refractivity contribution in [3.63, 3.8) is 0 Å². The highest BCUT2D eigenvalue weighted by atomic mass is 16.5. The molecule has 0 aliphatic heterocycles. The van der Waals surface area contributed by atoms with E-state index in [4.69, 9.17) is 5.11 Å². The van der Waals surface area contributed by atoms with E-state index in [1.807, 2.05) is 0 Å². The molecule has 0 unspecified atom stereocenters. The van der Waals surface area contributed by atoms with Crippen molar-refractivity contribution in [1.82, 2.24) is 0 Å². The van der Waals surface area contributed by atoms with Gasteiger partial charge in [0.15, 0.2) is 0 Å². The average Bonchev–Trinajstić information content (AvgIpc) is 1.67. The van der Waals surface area contributed by atoms with Crippen molar-refractivity contribution >= 4 is 5.97 Å². The molecule has 0 fully saturated rings. The molecule has 0 radical (unpaired) electrons. The fourth-order valence-electron chi connectivity index (χ4n) is 0.151. The van der Waals surface area contributed by atoms with Crippen molar-refractivity contribution in [2.75, 3.05) is 0 Å². The first-order valence-electron chi connectivity index (χ1n) is 1.88. The molecule has 0 saturated carbocycles. The molecule has 44 valence electrons. The van der Waals surface area contributed by atoms with Crippen molar-refractivity contribution in [3.8, 4) is 0 Å². The summed E-state index contributed by atoms with van der Waals surface area (Å²) in [5.41, 5.74) is 0. The zero-order valence-electron chi connectivity index (χ0n) is 4.26. The minimum Gasteiger partial charge on any atom is -0.475 e. The number of hydrogen-bond acceptors (Lipinski definition) is 2. The highest BCUT2D eigenvalue weighted by Gasteiger charge is 2.00. The monoisotopic (exact) mass is 114 g/mol. The topological polar surface area (TPSA) is 46.5 Å². The molecule has 0 atom stereocenters. The minimum absolute atomic E-state index is 0.319. The van der Waals surface area contributed by atoms with Crippen molar-refractivity contribution in [2.45, 2.75) is 0 Å². The Morgan fingerprint density at radius 2 is 2.25 bits per heavy atom. The molecule has 0 rings (SSSR count). The first-order chi connectivity index (χ1) is 3.68. The van der Waals surface area contributed by atoms with Crippen LogP contribution in [0.1, 0.15) is 0 Å². The van der Waals surface area contributed by atoms with Crippen LogP contribution in [0.2, 0.25) is 0 Å². The Balaban J connectivity index is 3.65. The zero-order chi connectivity index (χ0) is 6.57. The summed E-state index contributed by atoms with van der Waals surface area (Å²) in [5.74, 6) is -1.50. The van der Waals surface area contributed by atoms with Gasteiger partial charge in [0.2, 0.25) is 5.76 Å². The van der Waals surface area contributed by atoms with Gasteiger partial charge in [0.05, 0.1) is 6.26 Å². The van der Waals surface area contributed by atoms with Crippen LogP contribution in [0.5, 0.6) is 0 Å². The Kier molecular flexibility index (Phi) is 2.40. The molecule has 0 aromatic carbocycles. The predicted octanol–water partition coefficient (Wildman–Crippen LogP) is 0.745. The molecule has 0 amide bonds. The van der Waals surface area contributed by atoms with E-state index in [2.05, 4.69) is 17.9 Å². The van der Waals surface area contributed by atoms with E-state index in [-0.39, 0.29) is 5.76 Å². The van der Waals surface area contributed by atoms with Crippen LogP contribution in [0.4, 0.5) is 0 Å². The van der Waals surface area contributed by atoms with Crippen LogP contribution < -0.4 is 0 Å². The second-order valence-corrected chi connectivity index (χ2v) is 1.01. The van der Waals surface area contributed by atoms with E-state index >= 15 is 0 Å². The molecule has 1 N–H and O–H groups in total. The van der Waals surface area contributed by atoms with Crippen molar-refractivity contribution in [2.24, 2.45) is 0 Å². The van der Waals surface area contributed by atoms with Gasteiger partial charge in [0.25, 0.3) is 0 Å². The summed E-state index contributed by atoms with van der Waals surface area (Å²) in [6.07, 6.45) is 1.01. The van der Waals surface area contributed by atoms with E-state index in [0.717, 1.165) is 6.26 Å². The van der Waals surface area contributed by atoms with Gasteiger partial charge in [-0.15, -0.1) is 0 Å². The molecule has 0 heterocycles. The largest absolute Gasteiger partial charge is 0.475 e. The van der Waals surface area contributed by atoms with Crippen LogP contribution in [0, 0.1) is 0 Å². The van der Waals surface area contributed by atoms with Crippen LogP contribution in [0.15, 0.2) is 25.2 Å². The van der Waals surface area contributed by atoms with Crippen LogP contribution in [0.25, 0.3) is 0 Å². The maximum Gasteiger partial charge on any atom is 0.371 e. The van der Waals surface area contributed by atoms with Gasteiger partial charge in [0.1, 0.15) is 0 Å². The van der Waals surface area contributed by atoms with Gasteiger partial charge in [-0.2, -0.15) is 0 Å². The van der Waals surface area contributed by atoms with Gasteiger partial charge in [-0.1, -0.05) is 6.58 Å². The van der Waals surface area contributed by atoms with Crippen LogP contribution in [0.3, 0.4) is 0 Å². The number of hydrogen-bond donors (Lipinski definition) is 1. The van der Waals surface area contributed by atoms with Gasteiger partial charge < -0.3 is 9.84 Å². The number of carbonyl (C=O) groups is 1. The molecular formula is C5H6O3. The number of rotatable bonds is 3. The van der Waals surface area contributed by atoms with Crippen LogP contribution >= 0.6 is 0 Å². The van der Waals surface area contributed by atoms with Gasteiger partial charge in [0, 0.05) is 0 Å². The van der Waals surface area contributed by atoms with E-state index in [9.17, 15) is 4.79 Å². The summed E-state index contributed by atoms with van der Waals surface area (Å²) in [5, 5.41) is 8.04. The summed E-state index contributed by atoms with van der Waals surface area (Å²) in [6.45, 7) is 6.19. The lowest BCUT2D eigenvalue weighted by Gasteiger charge is -1.93. The Morgan fingerprint density at radius 1 is 1.75 bits per heavy atom. The first kappa shape index (κ1) is 6.75. The Labute approximate surface area is 46.9 Å². The SMILES string of the molecule is C=COC(=C)C(=O)O. The number of carboxylic acids is 1. The molecule has 0 aliphatic carbocycles. The minimum atomic E-state index is -1.18. The smallest absolute Gasteiger partial charge is 0.371 e. The van der Waals surface area contributed by atoms with E-state index in [1.165, 1.54) is 0 Å². The molecule has 0 aromatic rings. The Hall–Kier alpha value is -1.25. The van der Waals surface area contributed by atoms with E-state index in [1.54, 1.807) is 0 Å². The molecular weight excluding hydrogens is 108 g/mol. The third-order valence-electron chi connectivity index (χ3n) is 0.464. The first-order valence-corrected chi connectivity index (χ1v) is 1.88. The highest BCUT2D eigenvalue weighted by Crippen LogP contribution is 1.90. The van der Waals surface area contributed by atoms with E-state index in [0.29, 0.717) is 0 Å². The van der Waals surface area contributed by atoms with Gasteiger partial charge in [-0.25, -0.2) is 4.79 Å². The molecule has 0 spiro atoms. The lowest BCUT2D eigenvalue weighted by Crippen LogP contribution is -1.98. The second-order valence-electron chi connectivity index (χ2n) is 1.01. The molecule has 3 nitrogen and oxygen atoms in total. The van der Waals surface area contributed by atoms with Crippen molar-refractivity contribution in [3.05, 3.63) is 25.2 Å². The maximum absolute atomic E-state index is 9.82. The maximum atomic E-state index is 9.82. The lowest BCUT2D eigenvalue weighted by molar-refractivity contribution is -0.135. The van der Waals surface area contributed by atoms with Gasteiger partial charge in [-0.3, -0.25) is 0 Å². The molecule has 0 saturated heterocycles. The molecule has 8 heavy (non-hydrogen) atoms. The lowest BCUT2D eigenvalue weighted by atomic mass is 10.6. The Morgan fingerprint density at radius 3 is 2.38 bits per heavy atom. The fraction of sp³-hybridized carbons (Fsp3) is 0. The number of aliphatic carboxylic acids is 1. The third-order valence-corrected chi connectivity index (χ3v) is 0.464. The summed E-state index contributed by atoms with van der Waals surface area (Å²) in [4.78, 5) is 9.82. The van der Waals surface area contributed by atoms with Crippen molar-refractivity contribution in [1.29, 1.82) is 0 Å². The molecule has 0 bridgehead atoms. The van der Waals surface area contributed by atoms with Crippen molar-refractivity contribution < 1.29 is 14.6 Å². The average molecular weight is 114 g/mol. The number of carboxylic acid groups (broad SMARTS) is 1. The quantitative estimate of drug-likeness (QED) is 0.435. The molecule has 0 aromatic heterocycles. The summed E-state index contributed by atoms with van der Waals surface area (Å²) < 4.78 is 4.27. The predicted molar refractivity (Wildman–Crippen MR) is 28.1 cm³/mol. The number of ether oxygens (including phenoxy) is 1. The highest BCUT2D eigenvalue weighted by molar-refractivity contribution is 5.83. The standard InChI is InChI=1S/C5H6O3/c1-3-8-4(2)5(6)7/h3H,1-2H2,(H,6,7). The molecule has 0 aliphatic rings. The summed E-state index contributed by atoms with van der Waals surface area (Å²) in [6, 6.07) is 0. The second kappa shape index (κ2) is 2.85. The van der Waals surface area contributed by atoms with Gasteiger partial charge in [-0.05, 0) is 6.58 Å². The molecule has 3 heteroatoms. The zero-order valence-corrected chi connectivity index (χ0v) is 4.26. The summed E-state index contributed by atoms with van der Waals surface area (Å²) in [7, 11) is 0. The van der Waals surface area contributed by atoms with Gasteiger partial charge >= 0.3 is 5.97 Å². The van der Waals surface area contributed by atoms with Crippen LogP contribution in [-0.4, -0.2) is 11.1 Å². The van der Waals surface area contributed by atoms with E-state index < -0.39 is 5.97 Å². The van der Waals surface area contributed by atoms with Crippen LogP contribution in [-0.2, 0) is 9.53 Å². The summed E-state index contributed by atoms with van der Waals surface area (Å²) >= 11 is 0.